The Morgan fingerprint density at radius 2 is 1.95 bits per heavy atom. The molecular formula is C26H35ClF3N3O5S. The Morgan fingerprint density at radius 1 is 1.33 bits per heavy atom. The van der Waals surface area contributed by atoms with E-state index < -0.39 is 35.2 Å². The molecule has 0 saturated heterocycles. The number of ether oxygens (including phenoxy) is 1. The quantitative estimate of drug-likeness (QED) is 0.405. The third-order valence-electron chi connectivity index (χ3n) is 6.95. The largest absolute Gasteiger partial charge is 0.496 e. The van der Waals surface area contributed by atoms with Gasteiger partial charge >= 0.3 is 17.7 Å². The first-order valence-electron chi connectivity index (χ1n) is 12.7. The molecule has 2 N–H and O–H groups in total. The number of amides is 1. The van der Waals surface area contributed by atoms with Crippen molar-refractivity contribution in [1.82, 2.24) is 15.1 Å². The average molecular weight is 594 g/mol. The summed E-state index contributed by atoms with van der Waals surface area (Å²) in [4.78, 5) is 13.0. The minimum atomic E-state index is -4.29. The number of hydrogen-bond donors (Lipinski definition) is 2. The lowest BCUT2D eigenvalue weighted by Gasteiger charge is -2.34. The summed E-state index contributed by atoms with van der Waals surface area (Å²) in [5.41, 5.74) is 0.554. The Balaban J connectivity index is 0.00000170. The number of aryl methyl sites for hydroxylation is 1. The second kappa shape index (κ2) is 14.3. The third kappa shape index (κ3) is 8.77. The van der Waals surface area contributed by atoms with E-state index in [0.717, 1.165) is 19.8 Å². The smallest absolute Gasteiger partial charge is 0.391 e. The molecule has 1 aromatic carbocycles. The molecule has 1 aliphatic carbocycles. The molecule has 1 saturated carbocycles. The van der Waals surface area contributed by atoms with Crippen molar-refractivity contribution in [3.05, 3.63) is 34.5 Å². The van der Waals surface area contributed by atoms with E-state index in [2.05, 4.69) is 17.3 Å². The SMILES string of the molecule is CCCn1nc(C(=O)NCC2(O)CCC(C)CC2)c(Cl)c1-c1ccc(C[C@@H](C)C(F)(F)F)cc1OC.O=S=O. The van der Waals surface area contributed by atoms with Crippen molar-refractivity contribution in [2.75, 3.05) is 13.7 Å². The van der Waals surface area contributed by atoms with Crippen LogP contribution in [0.3, 0.4) is 0 Å². The van der Waals surface area contributed by atoms with Gasteiger partial charge < -0.3 is 15.2 Å². The Morgan fingerprint density at radius 3 is 2.49 bits per heavy atom. The number of rotatable bonds is 9. The van der Waals surface area contributed by atoms with Crippen molar-refractivity contribution in [1.29, 1.82) is 0 Å². The number of hydrogen-bond acceptors (Lipinski definition) is 6. The molecule has 3 rings (SSSR count). The van der Waals surface area contributed by atoms with Crippen molar-refractivity contribution < 1.29 is 36.2 Å². The maximum Gasteiger partial charge on any atom is 0.391 e. The fourth-order valence-electron chi connectivity index (χ4n) is 4.55. The first kappa shape index (κ1) is 32.8. The first-order chi connectivity index (χ1) is 18.3. The number of carbonyl (C=O) groups is 1. The van der Waals surface area contributed by atoms with Gasteiger partial charge in [0.25, 0.3) is 5.91 Å². The van der Waals surface area contributed by atoms with Gasteiger partial charge in [0.05, 0.1) is 29.3 Å². The standard InChI is InChI=1S/C26H35ClF3N3O3.O2S/c1-5-12-33-23(19-7-6-18(14-20(19)36-4)13-17(3)26(28,29)30)21(27)22(32-33)24(34)31-15-25(35)10-8-16(2)9-11-25;1-3-2/h6-7,14,16-17,35H,5,8-13,15H2,1-4H3,(H,31,34);/t16?,17-,25?;/m1./s1. The summed E-state index contributed by atoms with van der Waals surface area (Å²) in [7, 11) is 1.43. The molecule has 1 aromatic heterocycles. The van der Waals surface area contributed by atoms with E-state index >= 15 is 0 Å². The highest BCUT2D eigenvalue weighted by Gasteiger charge is 2.36. The first-order valence-corrected chi connectivity index (χ1v) is 13.8. The van der Waals surface area contributed by atoms with E-state index in [1.54, 1.807) is 22.9 Å². The summed E-state index contributed by atoms with van der Waals surface area (Å²) >= 11 is 5.92. The van der Waals surface area contributed by atoms with Crippen LogP contribution in [0.25, 0.3) is 11.3 Å². The van der Waals surface area contributed by atoms with E-state index in [0.29, 0.717) is 54.3 Å². The van der Waals surface area contributed by atoms with Crippen LogP contribution < -0.4 is 10.1 Å². The highest BCUT2D eigenvalue weighted by Crippen LogP contribution is 2.39. The van der Waals surface area contributed by atoms with Crippen LogP contribution in [0, 0.1) is 11.8 Å². The van der Waals surface area contributed by atoms with Crippen LogP contribution in [-0.2, 0) is 24.5 Å². The molecule has 1 atom stereocenters. The molecule has 2 aromatic rings. The number of aromatic nitrogens is 2. The Kier molecular flexibility index (Phi) is 12.0. The zero-order chi connectivity index (χ0) is 29.4. The molecule has 0 bridgehead atoms. The molecule has 0 radical (unpaired) electrons. The van der Waals surface area contributed by atoms with E-state index in [1.165, 1.54) is 7.11 Å². The molecule has 39 heavy (non-hydrogen) atoms. The highest BCUT2D eigenvalue weighted by molar-refractivity contribution is 7.51. The summed E-state index contributed by atoms with van der Waals surface area (Å²) in [6, 6.07) is 4.83. The van der Waals surface area contributed by atoms with Gasteiger partial charge in [0, 0.05) is 18.7 Å². The minimum absolute atomic E-state index is 0.0321. The topological polar surface area (TPSA) is 111 Å². The summed E-state index contributed by atoms with van der Waals surface area (Å²) in [6.07, 6.45) is -0.715. The molecule has 1 aliphatic rings. The monoisotopic (exact) mass is 593 g/mol. The third-order valence-corrected chi connectivity index (χ3v) is 7.31. The molecule has 218 valence electrons. The fraction of sp³-hybridized carbons (Fsp3) is 0.615. The Bertz CT molecular complexity index is 1160. The summed E-state index contributed by atoms with van der Waals surface area (Å²) in [5.74, 6) is -1.09. The molecule has 1 amide bonds. The lowest BCUT2D eigenvalue weighted by atomic mass is 9.79. The van der Waals surface area contributed by atoms with Crippen LogP contribution in [0.2, 0.25) is 5.02 Å². The molecule has 8 nitrogen and oxygen atoms in total. The molecule has 1 fully saturated rings. The van der Waals surface area contributed by atoms with Crippen LogP contribution in [0.1, 0.15) is 68.9 Å². The second-order valence-electron chi connectivity index (χ2n) is 10.1. The summed E-state index contributed by atoms with van der Waals surface area (Å²) < 4.78 is 62.8. The van der Waals surface area contributed by atoms with Crippen LogP contribution >= 0.6 is 11.6 Å². The average Bonchev–Trinajstić information content (AvgIpc) is 3.20. The molecule has 0 spiro atoms. The predicted molar refractivity (Wildman–Crippen MR) is 142 cm³/mol. The number of alkyl halides is 3. The van der Waals surface area contributed by atoms with Gasteiger partial charge in [0.15, 0.2) is 5.69 Å². The van der Waals surface area contributed by atoms with Gasteiger partial charge in [0.1, 0.15) is 5.75 Å². The van der Waals surface area contributed by atoms with E-state index in [4.69, 9.17) is 24.8 Å². The van der Waals surface area contributed by atoms with Crippen LogP contribution in [-0.4, -0.2) is 54.6 Å². The predicted octanol–water partition coefficient (Wildman–Crippen LogP) is 5.36. The van der Waals surface area contributed by atoms with Gasteiger partial charge in [-0.15, -0.1) is 0 Å². The minimum Gasteiger partial charge on any atom is -0.496 e. The molecule has 0 unspecified atom stereocenters. The zero-order valence-corrected chi connectivity index (χ0v) is 24.0. The Labute approximate surface area is 234 Å². The summed E-state index contributed by atoms with van der Waals surface area (Å²) in [5, 5.41) is 18.2. The van der Waals surface area contributed by atoms with E-state index in [1.807, 2.05) is 6.92 Å². The van der Waals surface area contributed by atoms with Gasteiger partial charge in [-0.3, -0.25) is 9.48 Å². The van der Waals surface area contributed by atoms with Crippen molar-refractivity contribution >= 4 is 29.1 Å². The van der Waals surface area contributed by atoms with Gasteiger partial charge in [-0.2, -0.15) is 26.7 Å². The van der Waals surface area contributed by atoms with Crippen LogP contribution in [0.15, 0.2) is 18.2 Å². The van der Waals surface area contributed by atoms with Gasteiger partial charge in [-0.25, -0.2) is 0 Å². The zero-order valence-electron chi connectivity index (χ0n) is 22.4. The molecular weight excluding hydrogens is 559 g/mol. The number of aliphatic hydroxyl groups is 1. The van der Waals surface area contributed by atoms with E-state index in [9.17, 15) is 23.1 Å². The number of halogens is 4. The molecule has 13 heteroatoms. The van der Waals surface area contributed by atoms with Gasteiger partial charge in [-0.05, 0) is 62.1 Å². The number of carbonyl (C=O) groups excluding carboxylic acids is 1. The van der Waals surface area contributed by atoms with Crippen molar-refractivity contribution in [2.45, 2.75) is 77.6 Å². The highest BCUT2D eigenvalue weighted by atomic mass is 35.5. The fourth-order valence-corrected chi connectivity index (χ4v) is 4.87. The van der Waals surface area contributed by atoms with E-state index in [-0.39, 0.29) is 23.7 Å². The van der Waals surface area contributed by atoms with Crippen LogP contribution in [0.5, 0.6) is 5.75 Å². The number of nitrogens with zero attached hydrogens (tertiary/aromatic N) is 2. The number of nitrogens with one attached hydrogen (secondary N) is 1. The van der Waals surface area contributed by atoms with Crippen LogP contribution in [0.4, 0.5) is 13.2 Å². The Hall–Kier alpha value is -2.44. The van der Waals surface area contributed by atoms with Gasteiger partial charge in [0.2, 0.25) is 0 Å². The lowest BCUT2D eigenvalue weighted by molar-refractivity contribution is -0.169. The normalized spacial score (nSPS) is 20.0. The number of benzene rings is 1. The molecule has 1 heterocycles. The van der Waals surface area contributed by atoms with Gasteiger partial charge in [-0.1, -0.05) is 38.4 Å². The van der Waals surface area contributed by atoms with Crippen molar-refractivity contribution in [3.63, 3.8) is 0 Å². The van der Waals surface area contributed by atoms with Crippen molar-refractivity contribution in [2.24, 2.45) is 11.8 Å². The second-order valence-corrected chi connectivity index (χ2v) is 10.6. The maximum absolute atomic E-state index is 13.0. The lowest BCUT2D eigenvalue weighted by Crippen LogP contribution is -2.45. The maximum atomic E-state index is 13.0. The van der Waals surface area contributed by atoms with Crippen molar-refractivity contribution in [3.8, 4) is 17.0 Å². The molecule has 0 aliphatic heterocycles. The number of methoxy groups -OCH3 is 1. The summed E-state index contributed by atoms with van der Waals surface area (Å²) in [6.45, 7) is 5.83.